The van der Waals surface area contributed by atoms with Crippen molar-refractivity contribution in [1.82, 2.24) is 10.2 Å². The van der Waals surface area contributed by atoms with Gasteiger partial charge < -0.3 is 5.32 Å². The molecule has 4 heteroatoms. The number of benzene rings is 1. The van der Waals surface area contributed by atoms with E-state index < -0.39 is 0 Å². The molecule has 1 atom stereocenters. The molecule has 1 aromatic rings. The highest BCUT2D eigenvalue weighted by molar-refractivity contribution is 6.30. The molecule has 1 aromatic carbocycles. The number of hydrogen-bond acceptors (Lipinski definition) is 2. The quantitative estimate of drug-likeness (QED) is 0.860. The molecule has 0 bridgehead atoms. The molecule has 0 spiro atoms. The van der Waals surface area contributed by atoms with Crippen LogP contribution in [0.25, 0.3) is 0 Å². The van der Waals surface area contributed by atoms with Crippen molar-refractivity contribution in [2.45, 2.75) is 26.8 Å². The summed E-state index contributed by atoms with van der Waals surface area (Å²) in [6.07, 6.45) is 0. The minimum Gasteiger partial charge on any atom is -0.354 e. The summed E-state index contributed by atoms with van der Waals surface area (Å²) in [4.78, 5) is 13.4. The van der Waals surface area contributed by atoms with Gasteiger partial charge in [0.15, 0.2) is 0 Å². The Hall–Kier alpha value is -1.06. The van der Waals surface area contributed by atoms with Crippen LogP contribution in [0.1, 0.15) is 32.4 Å². The first-order valence-corrected chi connectivity index (χ1v) is 6.70. The smallest absolute Gasteiger partial charge is 0.216 e. The maximum absolute atomic E-state index is 11.1. The highest BCUT2D eigenvalue weighted by Crippen LogP contribution is 2.21. The van der Waals surface area contributed by atoms with E-state index in [1.807, 2.05) is 24.3 Å². The van der Waals surface area contributed by atoms with Gasteiger partial charge in [-0.1, -0.05) is 37.6 Å². The molecule has 1 amide bonds. The number of halogens is 1. The molecule has 100 valence electrons. The summed E-state index contributed by atoms with van der Waals surface area (Å²) in [6, 6.07) is 8.02. The zero-order chi connectivity index (χ0) is 13.5. The fourth-order valence-corrected chi connectivity index (χ4v) is 2.17. The van der Waals surface area contributed by atoms with E-state index in [-0.39, 0.29) is 11.9 Å². The molecule has 0 heterocycles. The second kappa shape index (κ2) is 7.39. The second-order valence-electron chi connectivity index (χ2n) is 4.23. The molecule has 0 radical (unpaired) electrons. The number of carbonyl (C=O) groups excluding carboxylic acids is 1. The lowest BCUT2D eigenvalue weighted by Crippen LogP contribution is -2.37. The Labute approximate surface area is 114 Å². The topological polar surface area (TPSA) is 32.3 Å². The number of nitrogens with zero attached hydrogens (tertiary/aromatic N) is 1. The van der Waals surface area contributed by atoms with Gasteiger partial charge in [-0.3, -0.25) is 9.69 Å². The zero-order valence-corrected chi connectivity index (χ0v) is 12.0. The average molecular weight is 269 g/mol. The van der Waals surface area contributed by atoms with Crippen molar-refractivity contribution in [3.05, 3.63) is 34.9 Å². The third-order valence-corrected chi connectivity index (χ3v) is 3.30. The van der Waals surface area contributed by atoms with E-state index in [0.29, 0.717) is 6.54 Å². The predicted octanol–water partition coefficient (Wildman–Crippen LogP) is 2.86. The van der Waals surface area contributed by atoms with Crippen LogP contribution in [-0.2, 0) is 4.79 Å². The maximum atomic E-state index is 11.1. The summed E-state index contributed by atoms with van der Waals surface area (Å²) in [6.45, 7) is 8.31. The van der Waals surface area contributed by atoms with Crippen molar-refractivity contribution < 1.29 is 4.79 Å². The van der Waals surface area contributed by atoms with Crippen LogP contribution < -0.4 is 5.32 Å². The molecule has 0 saturated heterocycles. The summed E-state index contributed by atoms with van der Waals surface area (Å²) >= 11 is 5.91. The van der Waals surface area contributed by atoms with Gasteiger partial charge in [0.25, 0.3) is 0 Å². The van der Waals surface area contributed by atoms with Crippen LogP contribution in [0.5, 0.6) is 0 Å². The number of amides is 1. The Bertz CT molecular complexity index is 374. The van der Waals surface area contributed by atoms with E-state index in [2.05, 4.69) is 24.1 Å². The van der Waals surface area contributed by atoms with Crippen molar-refractivity contribution in [3.8, 4) is 0 Å². The van der Waals surface area contributed by atoms with Gasteiger partial charge >= 0.3 is 0 Å². The molecule has 1 N–H and O–H groups in total. The van der Waals surface area contributed by atoms with Crippen LogP contribution in [0.4, 0.5) is 0 Å². The first-order chi connectivity index (χ1) is 8.58. The third kappa shape index (κ3) is 4.31. The normalized spacial score (nSPS) is 12.5. The van der Waals surface area contributed by atoms with E-state index in [4.69, 9.17) is 11.6 Å². The first kappa shape index (κ1) is 15.0. The first-order valence-electron chi connectivity index (χ1n) is 6.32. The maximum Gasteiger partial charge on any atom is 0.216 e. The summed E-state index contributed by atoms with van der Waals surface area (Å²) in [5.74, 6) is 0.00104. The number of nitrogens with one attached hydrogen (secondary N) is 1. The molecule has 0 saturated carbocycles. The van der Waals surface area contributed by atoms with Gasteiger partial charge in [0, 0.05) is 18.5 Å². The van der Waals surface area contributed by atoms with Crippen LogP contribution in [0.15, 0.2) is 24.3 Å². The lowest BCUT2D eigenvalue weighted by molar-refractivity contribution is -0.119. The van der Waals surface area contributed by atoms with Gasteiger partial charge in [0.1, 0.15) is 0 Å². The van der Waals surface area contributed by atoms with Crippen molar-refractivity contribution in [2.24, 2.45) is 0 Å². The summed E-state index contributed by atoms with van der Waals surface area (Å²) < 4.78 is 0. The highest BCUT2D eigenvalue weighted by atomic mass is 35.5. The number of carbonyl (C=O) groups is 1. The van der Waals surface area contributed by atoms with Crippen LogP contribution in [0.3, 0.4) is 0 Å². The van der Waals surface area contributed by atoms with Crippen LogP contribution in [0.2, 0.25) is 5.02 Å². The average Bonchev–Trinajstić information content (AvgIpc) is 2.35. The molecule has 0 aromatic heterocycles. The van der Waals surface area contributed by atoms with Gasteiger partial charge in [-0.2, -0.15) is 0 Å². The van der Waals surface area contributed by atoms with Gasteiger partial charge in [0.05, 0.1) is 6.04 Å². The van der Waals surface area contributed by atoms with Crippen molar-refractivity contribution in [1.29, 1.82) is 0 Å². The Morgan fingerprint density at radius 2 is 1.83 bits per heavy atom. The van der Waals surface area contributed by atoms with E-state index >= 15 is 0 Å². The Balaban J connectivity index is 2.88. The van der Waals surface area contributed by atoms with Gasteiger partial charge in [-0.15, -0.1) is 0 Å². The van der Waals surface area contributed by atoms with Crippen LogP contribution in [-0.4, -0.2) is 30.4 Å². The summed E-state index contributed by atoms with van der Waals surface area (Å²) in [5.41, 5.74) is 1.18. The van der Waals surface area contributed by atoms with Gasteiger partial charge in [0.2, 0.25) is 5.91 Å². The van der Waals surface area contributed by atoms with E-state index in [9.17, 15) is 4.79 Å². The van der Waals surface area contributed by atoms with Crippen molar-refractivity contribution >= 4 is 17.5 Å². The Morgan fingerprint density at radius 3 is 2.28 bits per heavy atom. The minimum atomic E-state index is 0.00104. The van der Waals surface area contributed by atoms with Gasteiger partial charge in [-0.25, -0.2) is 0 Å². The molecular weight excluding hydrogens is 248 g/mol. The molecule has 0 aliphatic heterocycles. The number of hydrogen-bond donors (Lipinski definition) is 1. The molecule has 18 heavy (non-hydrogen) atoms. The number of rotatable bonds is 6. The monoisotopic (exact) mass is 268 g/mol. The Morgan fingerprint density at radius 1 is 1.28 bits per heavy atom. The lowest BCUT2D eigenvalue weighted by atomic mass is 10.1. The summed E-state index contributed by atoms with van der Waals surface area (Å²) in [7, 11) is 0. The summed E-state index contributed by atoms with van der Waals surface area (Å²) in [5, 5.41) is 3.63. The fourth-order valence-electron chi connectivity index (χ4n) is 2.05. The molecule has 0 aliphatic rings. The second-order valence-corrected chi connectivity index (χ2v) is 4.66. The van der Waals surface area contributed by atoms with Crippen molar-refractivity contribution in [2.75, 3.05) is 19.6 Å². The van der Waals surface area contributed by atoms with Crippen LogP contribution in [0, 0.1) is 0 Å². The molecule has 3 nitrogen and oxygen atoms in total. The SMILES string of the molecule is CCN(CC)C(CNC(C)=O)c1ccc(Cl)cc1. The Kier molecular flexibility index (Phi) is 6.16. The highest BCUT2D eigenvalue weighted by Gasteiger charge is 2.17. The number of likely N-dealkylation sites (N-methyl/N-ethyl adjacent to an activating group) is 1. The largest absolute Gasteiger partial charge is 0.354 e. The van der Waals surface area contributed by atoms with E-state index in [1.54, 1.807) is 6.92 Å². The van der Waals surface area contributed by atoms with Crippen LogP contribution >= 0.6 is 11.6 Å². The molecule has 1 rings (SSSR count). The van der Waals surface area contributed by atoms with E-state index in [1.165, 1.54) is 5.56 Å². The molecule has 1 unspecified atom stereocenters. The van der Waals surface area contributed by atoms with Crippen molar-refractivity contribution in [3.63, 3.8) is 0 Å². The molecule has 0 aliphatic carbocycles. The standard InChI is InChI=1S/C14H21ClN2O/c1-4-17(5-2)14(10-16-11(3)18)12-6-8-13(15)9-7-12/h6-9,14H,4-5,10H2,1-3H3,(H,16,18). The zero-order valence-electron chi connectivity index (χ0n) is 11.2. The predicted molar refractivity (Wildman–Crippen MR) is 75.8 cm³/mol. The minimum absolute atomic E-state index is 0.00104. The fraction of sp³-hybridized carbons (Fsp3) is 0.500. The third-order valence-electron chi connectivity index (χ3n) is 3.05. The lowest BCUT2D eigenvalue weighted by Gasteiger charge is -2.30. The molecule has 0 fully saturated rings. The molecular formula is C14H21ClN2O. The van der Waals surface area contributed by atoms with Gasteiger partial charge in [-0.05, 0) is 30.8 Å². The van der Waals surface area contributed by atoms with E-state index in [0.717, 1.165) is 18.1 Å².